The number of anilines is 3. The molecule has 124 valence electrons. The van der Waals surface area contributed by atoms with Crippen molar-refractivity contribution >= 4 is 45.2 Å². The molecule has 9 nitrogen and oxygen atoms in total. The SMILES string of the molecule is COc1ccc(NC(C)=O)cc1Nc1nc2sccn2c1[N+](=O)[O-]. The lowest BCUT2D eigenvalue weighted by atomic mass is 10.2. The predicted octanol–water partition coefficient (Wildman–Crippen LogP) is 3.01. The maximum atomic E-state index is 11.4. The summed E-state index contributed by atoms with van der Waals surface area (Å²) in [5, 5.41) is 18.7. The Morgan fingerprint density at radius 1 is 1.46 bits per heavy atom. The second-order valence-electron chi connectivity index (χ2n) is 4.82. The van der Waals surface area contributed by atoms with Crippen molar-refractivity contribution < 1.29 is 14.5 Å². The molecule has 2 heterocycles. The van der Waals surface area contributed by atoms with Crippen molar-refractivity contribution in [1.29, 1.82) is 0 Å². The number of carbonyl (C=O) groups excluding carboxylic acids is 1. The summed E-state index contributed by atoms with van der Waals surface area (Å²) in [5.74, 6) is 0.178. The van der Waals surface area contributed by atoms with Gasteiger partial charge in [0.05, 0.1) is 12.8 Å². The molecular formula is C14H13N5O4S. The van der Waals surface area contributed by atoms with Gasteiger partial charge in [-0.25, -0.2) is 0 Å². The molecule has 0 bridgehead atoms. The van der Waals surface area contributed by atoms with Gasteiger partial charge in [0.2, 0.25) is 11.7 Å². The fourth-order valence-electron chi connectivity index (χ4n) is 2.25. The number of imidazole rings is 1. The maximum Gasteiger partial charge on any atom is 0.373 e. The fourth-order valence-corrected chi connectivity index (χ4v) is 2.96. The molecule has 3 aromatic rings. The van der Waals surface area contributed by atoms with E-state index in [1.165, 1.54) is 29.8 Å². The smallest absolute Gasteiger partial charge is 0.373 e. The van der Waals surface area contributed by atoms with Crippen molar-refractivity contribution in [3.05, 3.63) is 39.9 Å². The van der Waals surface area contributed by atoms with Gasteiger partial charge in [0.15, 0.2) is 0 Å². The minimum Gasteiger partial charge on any atom is -0.495 e. The van der Waals surface area contributed by atoms with Crippen LogP contribution in [0.1, 0.15) is 6.92 Å². The third-order valence-corrected chi connectivity index (χ3v) is 3.94. The summed E-state index contributed by atoms with van der Waals surface area (Å²) in [6.45, 7) is 1.39. The van der Waals surface area contributed by atoms with Gasteiger partial charge in [-0.2, -0.15) is 9.38 Å². The summed E-state index contributed by atoms with van der Waals surface area (Å²) in [7, 11) is 1.48. The highest BCUT2D eigenvalue weighted by atomic mass is 32.1. The number of aromatic nitrogens is 2. The van der Waals surface area contributed by atoms with Crippen LogP contribution in [0.25, 0.3) is 4.96 Å². The number of hydrogen-bond donors (Lipinski definition) is 2. The van der Waals surface area contributed by atoms with E-state index in [-0.39, 0.29) is 17.5 Å². The van der Waals surface area contributed by atoms with E-state index in [0.29, 0.717) is 22.1 Å². The van der Waals surface area contributed by atoms with Crippen molar-refractivity contribution in [2.45, 2.75) is 6.92 Å². The molecule has 0 unspecified atom stereocenters. The zero-order valence-corrected chi connectivity index (χ0v) is 13.6. The van der Waals surface area contributed by atoms with Gasteiger partial charge in [-0.05, 0) is 23.1 Å². The van der Waals surface area contributed by atoms with Gasteiger partial charge in [-0.3, -0.25) is 4.79 Å². The normalized spacial score (nSPS) is 10.6. The Balaban J connectivity index is 2.04. The first kappa shape index (κ1) is 15.7. The monoisotopic (exact) mass is 347 g/mol. The van der Waals surface area contributed by atoms with E-state index in [4.69, 9.17) is 4.74 Å². The summed E-state index contributed by atoms with van der Waals surface area (Å²) in [6.07, 6.45) is 1.58. The van der Waals surface area contributed by atoms with Crippen LogP contribution in [0.4, 0.5) is 23.0 Å². The Morgan fingerprint density at radius 3 is 2.92 bits per heavy atom. The molecule has 0 radical (unpaired) electrons. The fraction of sp³-hybridized carbons (Fsp3) is 0.143. The van der Waals surface area contributed by atoms with E-state index in [1.54, 1.807) is 29.8 Å². The quantitative estimate of drug-likeness (QED) is 0.542. The van der Waals surface area contributed by atoms with E-state index < -0.39 is 4.92 Å². The number of nitro groups is 1. The summed E-state index contributed by atoms with van der Waals surface area (Å²) in [5.41, 5.74) is 0.993. The molecule has 24 heavy (non-hydrogen) atoms. The van der Waals surface area contributed by atoms with Crippen molar-refractivity contribution in [2.24, 2.45) is 0 Å². The number of benzene rings is 1. The van der Waals surface area contributed by atoms with Crippen LogP contribution in [-0.2, 0) is 4.79 Å². The lowest BCUT2D eigenvalue weighted by Crippen LogP contribution is -2.06. The Morgan fingerprint density at radius 2 is 2.25 bits per heavy atom. The van der Waals surface area contributed by atoms with Crippen LogP contribution in [0, 0.1) is 10.1 Å². The molecule has 0 fully saturated rings. The van der Waals surface area contributed by atoms with E-state index >= 15 is 0 Å². The number of nitrogens with zero attached hydrogens (tertiary/aromatic N) is 3. The number of thiazole rings is 1. The minimum absolute atomic E-state index is 0.102. The highest BCUT2D eigenvalue weighted by Crippen LogP contribution is 2.35. The van der Waals surface area contributed by atoms with Crippen molar-refractivity contribution in [2.75, 3.05) is 17.7 Å². The Hall–Kier alpha value is -3.14. The number of nitrogens with one attached hydrogen (secondary N) is 2. The lowest BCUT2D eigenvalue weighted by Gasteiger charge is -2.11. The third kappa shape index (κ3) is 2.86. The second kappa shape index (κ2) is 6.16. The Bertz CT molecular complexity index is 933. The number of ether oxygens (including phenoxy) is 1. The van der Waals surface area contributed by atoms with Crippen LogP contribution >= 0.6 is 11.3 Å². The first-order valence-corrected chi connectivity index (χ1v) is 7.70. The minimum atomic E-state index is -0.501. The lowest BCUT2D eigenvalue weighted by molar-refractivity contribution is -0.389. The maximum absolute atomic E-state index is 11.4. The highest BCUT2D eigenvalue weighted by Gasteiger charge is 2.24. The highest BCUT2D eigenvalue weighted by molar-refractivity contribution is 7.15. The molecule has 3 rings (SSSR count). The summed E-state index contributed by atoms with van der Waals surface area (Å²) >= 11 is 1.29. The summed E-state index contributed by atoms with van der Waals surface area (Å²) in [4.78, 5) is 26.8. The molecule has 0 saturated heterocycles. The summed E-state index contributed by atoms with van der Waals surface area (Å²) < 4.78 is 6.66. The number of amides is 1. The van der Waals surface area contributed by atoms with Crippen molar-refractivity contribution in [3.63, 3.8) is 0 Å². The molecule has 0 atom stereocenters. The average Bonchev–Trinajstić information content (AvgIpc) is 3.06. The average molecular weight is 347 g/mol. The number of fused-ring (bicyclic) bond motifs is 1. The second-order valence-corrected chi connectivity index (χ2v) is 5.69. The van der Waals surface area contributed by atoms with E-state index in [2.05, 4.69) is 15.6 Å². The van der Waals surface area contributed by atoms with Gasteiger partial charge < -0.3 is 25.5 Å². The molecule has 1 aromatic carbocycles. The van der Waals surface area contributed by atoms with Gasteiger partial charge in [-0.1, -0.05) is 11.3 Å². The molecule has 0 saturated carbocycles. The zero-order valence-electron chi connectivity index (χ0n) is 12.8. The Kier molecular flexibility index (Phi) is 4.04. The van der Waals surface area contributed by atoms with Crippen LogP contribution in [0.2, 0.25) is 0 Å². The Labute approximate surface area is 140 Å². The molecule has 0 aliphatic rings. The molecular weight excluding hydrogens is 334 g/mol. The first-order chi connectivity index (χ1) is 11.5. The molecule has 2 N–H and O–H groups in total. The van der Waals surface area contributed by atoms with Gasteiger partial charge in [-0.15, -0.1) is 0 Å². The van der Waals surface area contributed by atoms with E-state index in [0.717, 1.165) is 0 Å². The molecule has 2 aromatic heterocycles. The largest absolute Gasteiger partial charge is 0.495 e. The zero-order chi connectivity index (χ0) is 17.3. The van der Waals surface area contributed by atoms with Crippen LogP contribution in [-0.4, -0.2) is 27.3 Å². The van der Waals surface area contributed by atoms with Gasteiger partial charge in [0.1, 0.15) is 11.9 Å². The first-order valence-electron chi connectivity index (χ1n) is 6.82. The van der Waals surface area contributed by atoms with Crippen LogP contribution in [0.3, 0.4) is 0 Å². The van der Waals surface area contributed by atoms with E-state index in [1.807, 2.05) is 0 Å². The number of carbonyl (C=O) groups is 1. The molecule has 10 heteroatoms. The van der Waals surface area contributed by atoms with Crippen molar-refractivity contribution in [3.8, 4) is 5.75 Å². The van der Waals surface area contributed by atoms with Gasteiger partial charge in [0, 0.05) is 18.0 Å². The molecule has 0 aliphatic heterocycles. The number of hydrogen-bond acceptors (Lipinski definition) is 7. The summed E-state index contributed by atoms with van der Waals surface area (Å²) in [6, 6.07) is 4.95. The van der Waals surface area contributed by atoms with Crippen LogP contribution in [0.5, 0.6) is 5.75 Å². The number of methoxy groups -OCH3 is 1. The third-order valence-electron chi connectivity index (χ3n) is 3.18. The predicted molar refractivity (Wildman–Crippen MR) is 90.3 cm³/mol. The van der Waals surface area contributed by atoms with E-state index in [9.17, 15) is 14.9 Å². The molecule has 1 amide bonds. The molecule has 0 spiro atoms. The topological polar surface area (TPSA) is 111 Å². The van der Waals surface area contributed by atoms with Gasteiger partial charge in [0.25, 0.3) is 4.96 Å². The molecule has 0 aliphatic carbocycles. The van der Waals surface area contributed by atoms with Gasteiger partial charge >= 0.3 is 5.82 Å². The van der Waals surface area contributed by atoms with Crippen LogP contribution < -0.4 is 15.4 Å². The number of rotatable bonds is 5. The van der Waals surface area contributed by atoms with Crippen molar-refractivity contribution in [1.82, 2.24) is 9.38 Å². The standard InChI is InChI=1S/C14H13N5O4S/c1-8(20)15-9-3-4-11(23-2)10(7-9)16-12-13(19(21)22)18-5-6-24-14(18)17-12/h3-7,16H,1-2H3,(H,15,20). The van der Waals surface area contributed by atoms with Crippen LogP contribution in [0.15, 0.2) is 29.8 Å².